The molecule has 0 amide bonds. The Morgan fingerprint density at radius 3 is 2.67 bits per heavy atom. The Hall–Kier alpha value is -0.790. The summed E-state index contributed by atoms with van der Waals surface area (Å²) in [5, 5.41) is 8.90. The van der Waals surface area contributed by atoms with Crippen LogP contribution in [0.5, 0.6) is 0 Å². The summed E-state index contributed by atoms with van der Waals surface area (Å²) >= 11 is 0. The molecule has 1 fully saturated rings. The lowest BCUT2D eigenvalue weighted by Gasteiger charge is -2.55. The second-order valence-electron chi connectivity index (χ2n) is 4.51. The summed E-state index contributed by atoms with van der Waals surface area (Å²) in [6.45, 7) is 4.36. The number of carboxylic acid groups (broad SMARTS) is 1. The molecule has 66 valence electrons. The Labute approximate surface area is 72.3 Å². The Balaban J connectivity index is 2.30. The van der Waals surface area contributed by atoms with E-state index in [4.69, 9.17) is 5.11 Å². The van der Waals surface area contributed by atoms with Gasteiger partial charge in [-0.1, -0.05) is 19.9 Å². The first-order chi connectivity index (χ1) is 5.53. The molecular weight excluding hydrogens is 152 g/mol. The zero-order valence-electron chi connectivity index (χ0n) is 7.50. The van der Waals surface area contributed by atoms with Crippen molar-refractivity contribution in [2.45, 2.75) is 26.7 Å². The first kappa shape index (κ1) is 7.84. The predicted octanol–water partition coefficient (Wildman–Crippen LogP) is 2.06. The van der Waals surface area contributed by atoms with Gasteiger partial charge in [-0.05, 0) is 30.1 Å². The number of hydrogen-bond acceptors (Lipinski definition) is 1. The molecule has 0 aromatic rings. The molecule has 2 nitrogen and oxygen atoms in total. The van der Waals surface area contributed by atoms with Gasteiger partial charge in [-0.25, -0.2) is 4.79 Å². The van der Waals surface area contributed by atoms with E-state index in [-0.39, 0.29) is 5.41 Å². The van der Waals surface area contributed by atoms with Gasteiger partial charge in [-0.3, -0.25) is 0 Å². The molecule has 1 saturated carbocycles. The molecular formula is C10H14O2. The molecule has 2 heteroatoms. The molecule has 0 unspecified atom stereocenters. The highest BCUT2D eigenvalue weighted by Gasteiger charge is 2.52. The Kier molecular flexibility index (Phi) is 1.39. The Bertz CT molecular complexity index is 263. The van der Waals surface area contributed by atoms with E-state index in [0.717, 1.165) is 18.8 Å². The average Bonchev–Trinajstić information content (AvgIpc) is 2.04. The summed E-state index contributed by atoms with van der Waals surface area (Å²) in [7, 11) is 0. The topological polar surface area (TPSA) is 37.3 Å². The maximum atomic E-state index is 10.8. The Morgan fingerprint density at radius 1 is 1.67 bits per heavy atom. The maximum Gasteiger partial charge on any atom is 0.331 e. The number of rotatable bonds is 1. The molecule has 3 rings (SSSR count). The van der Waals surface area contributed by atoms with Crippen LogP contribution in [0.4, 0.5) is 0 Å². The van der Waals surface area contributed by atoms with E-state index < -0.39 is 5.97 Å². The summed E-state index contributed by atoms with van der Waals surface area (Å²) in [5.41, 5.74) is 0.894. The number of allylic oxidation sites excluding steroid dienone is 1. The molecule has 0 radical (unpaired) electrons. The zero-order valence-corrected chi connectivity index (χ0v) is 7.50. The van der Waals surface area contributed by atoms with Gasteiger partial charge in [0, 0.05) is 5.57 Å². The molecule has 0 saturated heterocycles. The molecule has 0 spiro atoms. The van der Waals surface area contributed by atoms with Crippen LogP contribution in [0, 0.1) is 17.3 Å². The molecule has 0 aromatic heterocycles. The highest BCUT2D eigenvalue weighted by atomic mass is 16.4. The Morgan fingerprint density at radius 2 is 2.33 bits per heavy atom. The molecule has 0 aliphatic heterocycles. The molecule has 3 aliphatic rings. The van der Waals surface area contributed by atoms with E-state index >= 15 is 0 Å². The van der Waals surface area contributed by atoms with Crippen LogP contribution < -0.4 is 0 Å². The molecule has 0 aromatic carbocycles. The summed E-state index contributed by atoms with van der Waals surface area (Å²) in [6, 6.07) is 0. The van der Waals surface area contributed by atoms with Crippen molar-refractivity contribution in [2.24, 2.45) is 17.3 Å². The van der Waals surface area contributed by atoms with E-state index in [1.807, 2.05) is 6.08 Å². The third-order valence-electron chi connectivity index (χ3n) is 3.72. The minimum absolute atomic E-state index is 0.239. The third kappa shape index (κ3) is 0.780. The average molecular weight is 166 g/mol. The number of aliphatic carboxylic acids is 1. The van der Waals surface area contributed by atoms with Gasteiger partial charge in [-0.15, -0.1) is 0 Å². The van der Waals surface area contributed by atoms with E-state index in [2.05, 4.69) is 13.8 Å². The number of carbonyl (C=O) groups is 1. The van der Waals surface area contributed by atoms with Gasteiger partial charge < -0.3 is 5.11 Å². The van der Waals surface area contributed by atoms with Crippen molar-refractivity contribution in [2.75, 3.05) is 0 Å². The highest BCUT2D eigenvalue weighted by molar-refractivity contribution is 5.88. The van der Waals surface area contributed by atoms with Gasteiger partial charge in [0.2, 0.25) is 0 Å². The minimum Gasteiger partial charge on any atom is -0.478 e. The van der Waals surface area contributed by atoms with Crippen LogP contribution >= 0.6 is 0 Å². The fourth-order valence-electron chi connectivity index (χ4n) is 2.59. The fraction of sp³-hybridized carbons (Fsp3) is 0.700. The fourth-order valence-corrected chi connectivity index (χ4v) is 2.59. The van der Waals surface area contributed by atoms with Crippen LogP contribution in [0.1, 0.15) is 26.7 Å². The van der Waals surface area contributed by atoms with Crippen LogP contribution in [0.15, 0.2) is 11.6 Å². The van der Waals surface area contributed by atoms with Crippen molar-refractivity contribution in [3.05, 3.63) is 11.6 Å². The summed E-state index contributed by atoms with van der Waals surface area (Å²) in [5.74, 6) is 0.325. The van der Waals surface area contributed by atoms with Crippen molar-refractivity contribution in [3.8, 4) is 0 Å². The van der Waals surface area contributed by atoms with Crippen LogP contribution in [0.2, 0.25) is 0 Å². The van der Waals surface area contributed by atoms with Gasteiger partial charge in [0.05, 0.1) is 0 Å². The van der Waals surface area contributed by atoms with Crippen LogP contribution in [0.25, 0.3) is 0 Å². The van der Waals surface area contributed by atoms with E-state index in [9.17, 15) is 4.79 Å². The normalized spacial score (nSPS) is 36.7. The summed E-state index contributed by atoms with van der Waals surface area (Å²) < 4.78 is 0. The van der Waals surface area contributed by atoms with Crippen LogP contribution in [-0.4, -0.2) is 11.1 Å². The van der Waals surface area contributed by atoms with Gasteiger partial charge in [0.15, 0.2) is 0 Å². The van der Waals surface area contributed by atoms with Crippen molar-refractivity contribution < 1.29 is 9.90 Å². The standard InChI is InChI=1S/C10H14O2/c1-10(2)6-3-4-7(9(11)12)8(10)5-6/h4,6,8H,3,5H2,1-2H3,(H,11,12)/t6-,8-/m0/s1. The lowest BCUT2D eigenvalue weighted by molar-refractivity contribution is -0.136. The largest absolute Gasteiger partial charge is 0.478 e. The highest BCUT2D eigenvalue weighted by Crippen LogP contribution is 2.59. The summed E-state index contributed by atoms with van der Waals surface area (Å²) in [6.07, 6.45) is 3.96. The van der Waals surface area contributed by atoms with Gasteiger partial charge in [0.1, 0.15) is 0 Å². The monoisotopic (exact) mass is 166 g/mol. The first-order valence-electron chi connectivity index (χ1n) is 4.47. The van der Waals surface area contributed by atoms with Gasteiger partial charge in [0.25, 0.3) is 0 Å². The number of fused-ring (bicyclic) bond motifs is 1. The lowest BCUT2D eigenvalue weighted by Crippen LogP contribution is -2.49. The van der Waals surface area contributed by atoms with E-state index in [0.29, 0.717) is 11.5 Å². The zero-order chi connectivity index (χ0) is 8.93. The molecule has 2 atom stereocenters. The molecule has 0 heterocycles. The third-order valence-corrected chi connectivity index (χ3v) is 3.72. The lowest BCUT2D eigenvalue weighted by atomic mass is 9.49. The van der Waals surface area contributed by atoms with Gasteiger partial charge in [-0.2, -0.15) is 0 Å². The quantitative estimate of drug-likeness (QED) is 0.647. The first-order valence-corrected chi connectivity index (χ1v) is 4.47. The predicted molar refractivity (Wildman–Crippen MR) is 45.7 cm³/mol. The molecule has 2 bridgehead atoms. The van der Waals surface area contributed by atoms with E-state index in [1.54, 1.807) is 0 Å². The van der Waals surface area contributed by atoms with Crippen LogP contribution in [-0.2, 0) is 4.79 Å². The summed E-state index contributed by atoms with van der Waals surface area (Å²) in [4.78, 5) is 10.8. The number of carboxylic acids is 1. The second kappa shape index (κ2) is 2.12. The van der Waals surface area contributed by atoms with Crippen molar-refractivity contribution >= 4 is 5.97 Å². The molecule has 12 heavy (non-hydrogen) atoms. The SMILES string of the molecule is CC1(C)[C@H]2CC=C(C(=O)O)[C@@H]1C2. The van der Waals surface area contributed by atoms with Crippen molar-refractivity contribution in [1.82, 2.24) is 0 Å². The molecule has 3 aliphatic carbocycles. The smallest absolute Gasteiger partial charge is 0.331 e. The van der Waals surface area contributed by atoms with Gasteiger partial charge >= 0.3 is 5.97 Å². The van der Waals surface area contributed by atoms with Crippen molar-refractivity contribution in [3.63, 3.8) is 0 Å². The van der Waals surface area contributed by atoms with Crippen LogP contribution in [0.3, 0.4) is 0 Å². The maximum absolute atomic E-state index is 10.8. The van der Waals surface area contributed by atoms with Crippen molar-refractivity contribution in [1.29, 1.82) is 0 Å². The molecule has 1 N–H and O–H groups in total. The van der Waals surface area contributed by atoms with E-state index in [1.165, 1.54) is 0 Å². The minimum atomic E-state index is -0.716. The second-order valence-corrected chi connectivity index (χ2v) is 4.51. The number of hydrogen-bond donors (Lipinski definition) is 1.